The molecule has 3 aliphatic rings. The average molecular weight is 332 g/mol. The van der Waals surface area contributed by atoms with Crippen LogP contribution < -0.4 is 0 Å². The Balaban J connectivity index is 1.33. The number of halogens is 2. The Kier molecular flexibility index (Phi) is 4.66. The Labute approximate surface area is 145 Å². The molecule has 0 radical (unpaired) electrons. The lowest BCUT2D eigenvalue weighted by atomic mass is 9.68. The number of hydrogen-bond acceptors (Lipinski definition) is 0. The lowest BCUT2D eigenvalue weighted by Crippen LogP contribution is -2.26. The Bertz CT molecular complexity index is 574. The van der Waals surface area contributed by atoms with Crippen LogP contribution in [0, 0.1) is 42.2 Å². The topological polar surface area (TPSA) is 0 Å². The highest BCUT2D eigenvalue weighted by atomic mass is 19.2. The molecular weight excluding hydrogens is 302 g/mol. The number of aryl methyl sites for hydroxylation is 1. The summed E-state index contributed by atoms with van der Waals surface area (Å²) in [5.74, 6) is 2.82. The van der Waals surface area contributed by atoms with Crippen LogP contribution in [0.5, 0.6) is 0 Å². The van der Waals surface area contributed by atoms with Crippen LogP contribution in [0.15, 0.2) is 12.1 Å². The summed E-state index contributed by atoms with van der Waals surface area (Å²) in [5, 5.41) is 0. The van der Waals surface area contributed by atoms with Crippen LogP contribution in [0.3, 0.4) is 0 Å². The zero-order chi connectivity index (χ0) is 16.7. The van der Waals surface area contributed by atoms with Gasteiger partial charge in [0, 0.05) is 0 Å². The summed E-state index contributed by atoms with van der Waals surface area (Å²) in [6, 6.07) is 3.55. The Morgan fingerprint density at radius 1 is 0.625 bits per heavy atom. The van der Waals surface area contributed by atoms with E-state index in [1.165, 1.54) is 51.4 Å². The molecule has 0 unspecified atom stereocenters. The number of benzene rings is 1. The van der Waals surface area contributed by atoms with Crippen molar-refractivity contribution in [3.05, 3.63) is 34.9 Å². The minimum absolute atomic E-state index is 0.221. The van der Waals surface area contributed by atoms with Crippen molar-refractivity contribution in [2.24, 2.45) is 23.7 Å². The molecule has 0 nitrogen and oxygen atoms in total. The first-order valence-electron chi connectivity index (χ1n) is 10.1. The second-order valence-electron chi connectivity index (χ2n) is 8.72. The molecule has 0 aromatic heterocycles. The van der Waals surface area contributed by atoms with Crippen molar-refractivity contribution in [1.29, 1.82) is 0 Å². The van der Waals surface area contributed by atoms with Gasteiger partial charge in [0.2, 0.25) is 0 Å². The van der Waals surface area contributed by atoms with E-state index in [1.807, 2.05) is 6.07 Å². The summed E-state index contributed by atoms with van der Waals surface area (Å²) in [4.78, 5) is 0. The molecule has 0 spiro atoms. The fraction of sp³-hybridized carbons (Fsp3) is 0.727. The molecule has 24 heavy (non-hydrogen) atoms. The van der Waals surface area contributed by atoms with Crippen molar-refractivity contribution >= 4 is 0 Å². The summed E-state index contributed by atoms with van der Waals surface area (Å²) >= 11 is 0. The quantitative estimate of drug-likeness (QED) is 0.573. The maximum atomic E-state index is 14.2. The maximum Gasteiger partial charge on any atom is 0.162 e. The molecular formula is C22H30F2. The Hall–Kier alpha value is -0.920. The van der Waals surface area contributed by atoms with Crippen LogP contribution >= 0.6 is 0 Å². The summed E-state index contributed by atoms with van der Waals surface area (Å²) in [6.07, 6.45) is 13.2. The molecule has 0 N–H and O–H groups in total. The monoisotopic (exact) mass is 332 g/mol. The number of rotatable bonds is 3. The average Bonchev–Trinajstić information content (AvgIpc) is 3.46. The zero-order valence-electron chi connectivity index (χ0n) is 14.9. The molecule has 0 bridgehead atoms. The Morgan fingerprint density at radius 2 is 1.04 bits per heavy atom. The highest BCUT2D eigenvalue weighted by Gasteiger charge is 2.37. The van der Waals surface area contributed by atoms with Gasteiger partial charge in [-0.05, 0) is 112 Å². The second kappa shape index (κ2) is 6.77. The third kappa shape index (κ3) is 3.26. The molecule has 0 saturated heterocycles. The van der Waals surface area contributed by atoms with E-state index in [9.17, 15) is 8.78 Å². The molecule has 1 aromatic rings. The van der Waals surface area contributed by atoms with Gasteiger partial charge in [0.25, 0.3) is 0 Å². The van der Waals surface area contributed by atoms with E-state index in [1.54, 1.807) is 13.0 Å². The van der Waals surface area contributed by atoms with Gasteiger partial charge in [-0.1, -0.05) is 12.1 Å². The molecule has 0 aliphatic heterocycles. The summed E-state index contributed by atoms with van der Waals surface area (Å²) in [6.45, 7) is 1.64. The van der Waals surface area contributed by atoms with Gasteiger partial charge in [-0.25, -0.2) is 8.78 Å². The number of hydrogen-bond donors (Lipinski definition) is 0. The van der Waals surface area contributed by atoms with Gasteiger partial charge >= 0.3 is 0 Å². The summed E-state index contributed by atoms with van der Waals surface area (Å²) in [5.41, 5.74) is 1.03. The maximum absolute atomic E-state index is 14.2. The minimum atomic E-state index is -0.645. The first-order valence-corrected chi connectivity index (χ1v) is 10.1. The summed E-state index contributed by atoms with van der Waals surface area (Å²) in [7, 11) is 0. The standard InChI is InChI=1S/C22H30F2/c1-14-2-13-20(22(24)21(14)23)19-11-9-18(10-12-19)17-7-5-16(6-8-17)15-3-4-15/h2,13,15-19H,3-12H2,1H3. The van der Waals surface area contributed by atoms with Crippen LogP contribution in [0.4, 0.5) is 8.78 Å². The van der Waals surface area contributed by atoms with E-state index in [4.69, 9.17) is 0 Å². The van der Waals surface area contributed by atoms with Gasteiger partial charge in [-0.3, -0.25) is 0 Å². The van der Waals surface area contributed by atoms with Crippen molar-refractivity contribution in [3.63, 3.8) is 0 Å². The van der Waals surface area contributed by atoms with Crippen molar-refractivity contribution in [2.75, 3.05) is 0 Å². The fourth-order valence-corrected chi connectivity index (χ4v) is 5.53. The predicted molar refractivity (Wildman–Crippen MR) is 94.0 cm³/mol. The molecule has 2 heteroatoms. The third-order valence-electron chi connectivity index (χ3n) is 7.29. The molecule has 0 atom stereocenters. The lowest BCUT2D eigenvalue weighted by Gasteiger charge is -2.38. The zero-order valence-corrected chi connectivity index (χ0v) is 14.9. The van der Waals surface area contributed by atoms with Gasteiger partial charge in [-0.2, -0.15) is 0 Å². The van der Waals surface area contributed by atoms with Crippen LogP contribution in [0.25, 0.3) is 0 Å². The summed E-state index contributed by atoms with van der Waals surface area (Å²) < 4.78 is 28.1. The first kappa shape index (κ1) is 16.5. The van der Waals surface area contributed by atoms with Crippen LogP contribution in [0.1, 0.15) is 81.3 Å². The van der Waals surface area contributed by atoms with Gasteiger partial charge in [-0.15, -0.1) is 0 Å². The lowest BCUT2D eigenvalue weighted by molar-refractivity contribution is 0.152. The molecule has 1 aromatic carbocycles. The van der Waals surface area contributed by atoms with Crippen LogP contribution in [0.2, 0.25) is 0 Å². The predicted octanol–water partition coefficient (Wildman–Crippen LogP) is 6.76. The van der Waals surface area contributed by atoms with E-state index < -0.39 is 11.6 Å². The normalized spacial score (nSPS) is 34.3. The molecule has 3 fully saturated rings. The minimum Gasteiger partial charge on any atom is -0.203 e. The van der Waals surface area contributed by atoms with Gasteiger partial charge in [0.05, 0.1) is 0 Å². The largest absolute Gasteiger partial charge is 0.203 e. The van der Waals surface area contributed by atoms with E-state index in [0.29, 0.717) is 11.1 Å². The van der Waals surface area contributed by atoms with Gasteiger partial charge in [0.15, 0.2) is 11.6 Å². The van der Waals surface area contributed by atoms with Gasteiger partial charge < -0.3 is 0 Å². The van der Waals surface area contributed by atoms with Crippen molar-refractivity contribution in [1.82, 2.24) is 0 Å². The second-order valence-corrected chi connectivity index (χ2v) is 8.72. The van der Waals surface area contributed by atoms with E-state index in [-0.39, 0.29) is 5.92 Å². The molecule has 3 aliphatic carbocycles. The smallest absolute Gasteiger partial charge is 0.162 e. The Morgan fingerprint density at radius 3 is 1.50 bits per heavy atom. The van der Waals surface area contributed by atoms with Gasteiger partial charge in [0.1, 0.15) is 0 Å². The van der Waals surface area contributed by atoms with Crippen molar-refractivity contribution in [2.45, 2.75) is 77.0 Å². The van der Waals surface area contributed by atoms with Crippen LogP contribution in [-0.2, 0) is 0 Å². The van der Waals surface area contributed by atoms with E-state index in [2.05, 4.69) is 0 Å². The molecule has 132 valence electrons. The fourth-order valence-electron chi connectivity index (χ4n) is 5.53. The molecule has 0 amide bonds. The van der Waals surface area contributed by atoms with Crippen LogP contribution in [-0.4, -0.2) is 0 Å². The van der Waals surface area contributed by atoms with E-state index in [0.717, 1.165) is 36.5 Å². The highest BCUT2D eigenvalue weighted by molar-refractivity contribution is 5.28. The van der Waals surface area contributed by atoms with Crippen molar-refractivity contribution in [3.8, 4) is 0 Å². The van der Waals surface area contributed by atoms with E-state index >= 15 is 0 Å². The molecule has 3 saturated carbocycles. The van der Waals surface area contributed by atoms with Crippen molar-refractivity contribution < 1.29 is 8.78 Å². The molecule has 4 rings (SSSR count). The SMILES string of the molecule is Cc1ccc(C2CCC(C3CCC(C4CC4)CC3)CC2)c(F)c1F. The highest BCUT2D eigenvalue weighted by Crippen LogP contribution is 2.49. The third-order valence-corrected chi connectivity index (χ3v) is 7.29. The molecule has 0 heterocycles. The first-order chi connectivity index (χ1) is 11.6.